The van der Waals surface area contributed by atoms with E-state index in [4.69, 9.17) is 0 Å². The summed E-state index contributed by atoms with van der Waals surface area (Å²) < 4.78 is 26.1. The second-order valence-electron chi connectivity index (χ2n) is 7.18. The predicted molar refractivity (Wildman–Crippen MR) is 128 cm³/mol. The predicted octanol–water partition coefficient (Wildman–Crippen LogP) is 4.78. The lowest BCUT2D eigenvalue weighted by molar-refractivity contribution is 0.614. The molecule has 0 fully saturated rings. The van der Waals surface area contributed by atoms with E-state index in [1.165, 1.54) is 6.26 Å². The van der Waals surface area contributed by atoms with E-state index in [1.807, 2.05) is 59.3 Å². The van der Waals surface area contributed by atoms with Crippen LogP contribution in [0.5, 0.6) is 0 Å². The minimum absolute atomic E-state index is 0.692. The summed E-state index contributed by atoms with van der Waals surface area (Å²) in [4.78, 5) is 2.28. The summed E-state index contributed by atoms with van der Waals surface area (Å²) in [6.07, 6.45) is 5.40. The molecule has 142 valence electrons. The first-order chi connectivity index (χ1) is 14.0. The minimum atomic E-state index is -3.38. The fraction of sp³-hybridized carbons (Fsp3) is 0.0435. The molecule has 0 bridgehead atoms. The van der Waals surface area contributed by atoms with Crippen molar-refractivity contribution in [2.45, 2.75) is 0 Å². The molecule has 0 amide bonds. The van der Waals surface area contributed by atoms with E-state index in [9.17, 15) is 8.42 Å². The van der Waals surface area contributed by atoms with Crippen LogP contribution < -0.4 is 10.9 Å². The van der Waals surface area contributed by atoms with Gasteiger partial charge in [-0.3, -0.25) is 0 Å². The van der Waals surface area contributed by atoms with Crippen LogP contribution in [0.1, 0.15) is 11.1 Å². The van der Waals surface area contributed by atoms with Gasteiger partial charge >= 0.3 is 5.99 Å². The van der Waals surface area contributed by atoms with Crippen LogP contribution in [0, 0.1) is 0 Å². The zero-order chi connectivity index (χ0) is 20.0. The van der Waals surface area contributed by atoms with E-state index >= 15 is 0 Å². The van der Waals surface area contributed by atoms with Gasteiger partial charge < -0.3 is 0 Å². The van der Waals surface area contributed by atoms with E-state index in [-0.39, 0.29) is 0 Å². The lowest BCUT2D eigenvalue weighted by Gasteiger charge is -2.17. The van der Waals surface area contributed by atoms with Gasteiger partial charge in [0, 0.05) is 16.0 Å². The number of rotatable bonds is 3. The molecule has 2 aromatic carbocycles. The topological polar surface area (TPSA) is 34.1 Å². The molecule has 0 radical (unpaired) electrons. The van der Waals surface area contributed by atoms with Crippen molar-refractivity contribution >= 4 is 61.4 Å². The minimum Gasteiger partial charge on any atom is -0.240 e. The first kappa shape index (κ1) is 18.6. The van der Waals surface area contributed by atoms with Gasteiger partial charge in [0.05, 0.1) is 0 Å². The molecule has 0 aliphatic carbocycles. The number of hydrogen-bond acceptors (Lipinski definition) is 4. The molecule has 0 atom stereocenters. The van der Waals surface area contributed by atoms with E-state index in [0.717, 1.165) is 42.9 Å². The van der Waals surface area contributed by atoms with Crippen molar-refractivity contribution in [3.63, 3.8) is 0 Å². The molecule has 0 saturated heterocycles. The maximum Gasteiger partial charge on any atom is 0.357 e. The number of thiophene rings is 2. The Morgan fingerprint density at radius 1 is 0.724 bits per heavy atom. The van der Waals surface area contributed by atoms with Crippen molar-refractivity contribution in [1.29, 1.82) is 0 Å². The quantitative estimate of drug-likeness (QED) is 0.437. The van der Waals surface area contributed by atoms with Crippen LogP contribution in [-0.2, 0) is 9.69 Å². The number of fused-ring (bicyclic) bond motifs is 2. The van der Waals surface area contributed by atoms with E-state index in [0.29, 0.717) is 0 Å². The van der Waals surface area contributed by atoms with Crippen LogP contribution in [-0.4, -0.2) is 20.7 Å². The molecule has 29 heavy (non-hydrogen) atoms. The van der Waals surface area contributed by atoms with Crippen LogP contribution in [0.15, 0.2) is 71.4 Å². The molecule has 1 aliphatic rings. The number of benzene rings is 2. The highest BCUT2D eigenvalue weighted by atomic mass is 32.2. The van der Waals surface area contributed by atoms with Gasteiger partial charge in [-0.05, 0) is 56.1 Å². The average Bonchev–Trinajstić information content (AvgIpc) is 3.38. The second kappa shape index (κ2) is 7.13. The van der Waals surface area contributed by atoms with Gasteiger partial charge in [0.1, 0.15) is 9.69 Å². The fourth-order valence-electron chi connectivity index (χ4n) is 3.91. The molecule has 4 aromatic rings. The third kappa shape index (κ3) is 3.42. The highest BCUT2D eigenvalue weighted by Gasteiger charge is 2.36. The highest BCUT2D eigenvalue weighted by Crippen LogP contribution is 2.28. The van der Waals surface area contributed by atoms with Crippen molar-refractivity contribution in [2.24, 2.45) is 0 Å². The van der Waals surface area contributed by atoms with Gasteiger partial charge in [0.2, 0.25) is 0 Å². The summed E-state index contributed by atoms with van der Waals surface area (Å²) in [6.45, 7) is 0. The summed E-state index contributed by atoms with van der Waals surface area (Å²) in [5.74, 6) is -0.692. The molecular weight excluding hydrogens is 415 g/mol. The molecule has 0 saturated carbocycles. The number of hydrogen-bond donors (Lipinski definition) is 0. The van der Waals surface area contributed by atoms with Crippen LogP contribution >= 0.6 is 22.7 Å². The zero-order valence-electron chi connectivity index (χ0n) is 15.7. The largest absolute Gasteiger partial charge is 0.357 e. The van der Waals surface area contributed by atoms with E-state index in [1.54, 1.807) is 22.7 Å². The molecule has 0 spiro atoms. The maximum absolute atomic E-state index is 13.0. The van der Waals surface area contributed by atoms with Crippen molar-refractivity contribution in [3.8, 4) is 20.9 Å². The monoisotopic (exact) mass is 432 g/mol. The molecule has 2 aromatic heterocycles. The highest BCUT2D eigenvalue weighted by molar-refractivity contribution is 8.20. The van der Waals surface area contributed by atoms with Crippen LogP contribution in [0.3, 0.4) is 0 Å². The maximum atomic E-state index is 13.0. The molecule has 1 aliphatic heterocycles. The summed E-state index contributed by atoms with van der Waals surface area (Å²) in [5.41, 5.74) is 5.70. The van der Waals surface area contributed by atoms with Crippen molar-refractivity contribution in [1.82, 2.24) is 0 Å². The smallest absolute Gasteiger partial charge is 0.240 e. The molecule has 0 N–H and O–H groups in total. The van der Waals surface area contributed by atoms with Crippen LogP contribution in [0.2, 0.25) is 0 Å². The summed E-state index contributed by atoms with van der Waals surface area (Å²) in [6, 6.07) is 20.5. The lowest BCUT2D eigenvalue weighted by Crippen LogP contribution is -2.50. The Kier molecular flexibility index (Phi) is 4.58. The Labute approximate surface area is 179 Å². The molecule has 5 rings (SSSR count). The Morgan fingerprint density at radius 3 is 1.59 bits per heavy atom. The lowest BCUT2D eigenvalue weighted by atomic mass is 9.59. The Morgan fingerprint density at radius 2 is 1.21 bits per heavy atom. The van der Waals surface area contributed by atoms with Gasteiger partial charge in [0.25, 0.3) is 0 Å². The second-order valence-corrected chi connectivity index (χ2v) is 11.2. The van der Waals surface area contributed by atoms with E-state index < -0.39 is 15.7 Å². The standard InChI is InChI=1S/C23H17BO2S3/c1-29(25,26)24-20-14-18(22-4-2-12-27-22)10-8-16(20)6-7-17-9-11-19(15-21(17)24)23-5-3-13-28-23/h2-15H,1H3. The van der Waals surface area contributed by atoms with Gasteiger partial charge in [-0.1, -0.05) is 60.7 Å². The van der Waals surface area contributed by atoms with Crippen molar-refractivity contribution < 1.29 is 8.42 Å². The summed E-state index contributed by atoms with van der Waals surface area (Å²) in [5, 5.41) is 4.08. The Balaban J connectivity index is 1.75. The van der Waals surface area contributed by atoms with Crippen LogP contribution in [0.4, 0.5) is 0 Å². The first-order valence-corrected chi connectivity index (χ1v) is 12.9. The van der Waals surface area contributed by atoms with Crippen molar-refractivity contribution in [2.75, 3.05) is 6.26 Å². The average molecular weight is 432 g/mol. The third-order valence-corrected chi connectivity index (χ3v) is 8.42. The fourth-order valence-corrected chi connectivity index (χ4v) is 6.69. The van der Waals surface area contributed by atoms with Gasteiger partial charge in [0.15, 0.2) is 0 Å². The first-order valence-electron chi connectivity index (χ1n) is 9.23. The zero-order valence-corrected chi connectivity index (χ0v) is 18.2. The van der Waals surface area contributed by atoms with Crippen molar-refractivity contribution in [3.05, 3.63) is 82.6 Å². The van der Waals surface area contributed by atoms with Gasteiger partial charge in [-0.15, -0.1) is 22.7 Å². The summed E-state index contributed by atoms with van der Waals surface area (Å²) >= 11 is 3.32. The molecule has 2 nitrogen and oxygen atoms in total. The van der Waals surface area contributed by atoms with Crippen LogP contribution in [0.25, 0.3) is 33.0 Å². The SMILES string of the molecule is CS(=O)(=O)B1c2cc(-c3cccs3)ccc2C=Cc2ccc(-c3cccs3)cc21. The van der Waals surface area contributed by atoms with Gasteiger partial charge in [-0.25, -0.2) is 8.42 Å². The van der Waals surface area contributed by atoms with E-state index in [2.05, 4.69) is 24.3 Å². The summed E-state index contributed by atoms with van der Waals surface area (Å²) in [7, 11) is -3.38. The Hall–Kier alpha value is -2.41. The molecule has 6 heteroatoms. The third-order valence-electron chi connectivity index (χ3n) is 5.22. The van der Waals surface area contributed by atoms with Gasteiger partial charge in [-0.2, -0.15) is 0 Å². The Bertz CT molecular complexity index is 1230. The molecule has 0 unspecified atom stereocenters. The molecule has 3 heterocycles. The normalized spacial score (nSPS) is 13.1. The molecular formula is C23H17BO2S3.